The molecule has 18 heavy (non-hydrogen) atoms. The molecule has 2 atom stereocenters. The van der Waals surface area contributed by atoms with Crippen LogP contribution in [0.15, 0.2) is 24.3 Å². The van der Waals surface area contributed by atoms with Crippen LogP contribution >= 0.6 is 0 Å². The van der Waals surface area contributed by atoms with Crippen molar-refractivity contribution in [1.82, 2.24) is 9.80 Å². The average Bonchev–Trinajstić information content (AvgIpc) is 2.35. The summed E-state index contributed by atoms with van der Waals surface area (Å²) in [5.74, 6) is 0.154. The predicted molar refractivity (Wildman–Crippen MR) is 73.8 cm³/mol. The second kappa shape index (κ2) is 5.11. The lowest BCUT2D eigenvalue weighted by Crippen LogP contribution is -2.56. The molecule has 1 aliphatic rings. The van der Waals surface area contributed by atoms with E-state index in [1.807, 2.05) is 36.1 Å². The lowest BCUT2D eigenvalue weighted by atomic mass is 10.1. The zero-order valence-corrected chi connectivity index (χ0v) is 11.7. The van der Waals surface area contributed by atoms with Gasteiger partial charge in [-0.05, 0) is 40.0 Å². The molecule has 3 heteroatoms. The summed E-state index contributed by atoms with van der Waals surface area (Å²) in [5.41, 5.74) is 1.98. The third-order valence-corrected chi connectivity index (χ3v) is 3.95. The predicted octanol–water partition coefficient (Wildman–Crippen LogP) is 2.16. The zero-order chi connectivity index (χ0) is 13.3. The highest BCUT2D eigenvalue weighted by Crippen LogP contribution is 2.16. The van der Waals surface area contributed by atoms with E-state index < -0.39 is 0 Å². The van der Waals surface area contributed by atoms with E-state index in [9.17, 15) is 4.79 Å². The molecule has 0 bridgehead atoms. The Kier molecular flexibility index (Phi) is 3.71. The first kappa shape index (κ1) is 13.1. The lowest BCUT2D eigenvalue weighted by molar-refractivity contribution is 0.0414. The smallest absolute Gasteiger partial charge is 0.253 e. The van der Waals surface area contributed by atoms with Crippen molar-refractivity contribution < 1.29 is 4.79 Å². The summed E-state index contributed by atoms with van der Waals surface area (Å²) in [5, 5.41) is 0. The van der Waals surface area contributed by atoms with Crippen LogP contribution in [-0.4, -0.2) is 47.9 Å². The minimum absolute atomic E-state index is 0.154. The van der Waals surface area contributed by atoms with Crippen LogP contribution in [0.4, 0.5) is 0 Å². The third-order valence-electron chi connectivity index (χ3n) is 3.95. The van der Waals surface area contributed by atoms with Gasteiger partial charge in [-0.2, -0.15) is 0 Å². The van der Waals surface area contributed by atoms with Crippen LogP contribution in [0.2, 0.25) is 0 Å². The van der Waals surface area contributed by atoms with Crippen LogP contribution in [0.1, 0.15) is 29.8 Å². The molecule has 0 aliphatic carbocycles. The fourth-order valence-electron chi connectivity index (χ4n) is 2.45. The molecule has 1 fully saturated rings. The molecule has 1 heterocycles. The van der Waals surface area contributed by atoms with E-state index in [4.69, 9.17) is 0 Å². The molecule has 0 aromatic heterocycles. The molecule has 1 amide bonds. The Hall–Kier alpha value is -1.35. The number of carbonyl (C=O) groups excluding carboxylic acids is 1. The first-order chi connectivity index (χ1) is 8.49. The van der Waals surface area contributed by atoms with Crippen LogP contribution in [0.3, 0.4) is 0 Å². The number of aryl methyl sites for hydroxylation is 1. The summed E-state index contributed by atoms with van der Waals surface area (Å²) in [6.07, 6.45) is 0. The molecule has 2 rings (SSSR count). The van der Waals surface area contributed by atoms with Crippen molar-refractivity contribution in [3.63, 3.8) is 0 Å². The molecule has 1 aliphatic heterocycles. The topological polar surface area (TPSA) is 23.6 Å². The summed E-state index contributed by atoms with van der Waals surface area (Å²) in [6.45, 7) is 8.01. The van der Waals surface area contributed by atoms with E-state index >= 15 is 0 Å². The molecular formula is C15H22N2O. The molecule has 0 spiro atoms. The lowest BCUT2D eigenvalue weighted by Gasteiger charge is -2.42. The van der Waals surface area contributed by atoms with Gasteiger partial charge in [0.05, 0.1) is 0 Å². The van der Waals surface area contributed by atoms with Crippen molar-refractivity contribution in [2.75, 3.05) is 20.1 Å². The van der Waals surface area contributed by atoms with Crippen molar-refractivity contribution in [3.8, 4) is 0 Å². The molecule has 2 unspecified atom stereocenters. The van der Waals surface area contributed by atoms with Gasteiger partial charge in [0, 0.05) is 30.7 Å². The van der Waals surface area contributed by atoms with Crippen LogP contribution in [0.5, 0.6) is 0 Å². The van der Waals surface area contributed by atoms with Gasteiger partial charge in [0.2, 0.25) is 0 Å². The first-order valence-electron chi connectivity index (χ1n) is 6.57. The number of hydrogen-bond acceptors (Lipinski definition) is 2. The van der Waals surface area contributed by atoms with Gasteiger partial charge in [-0.25, -0.2) is 0 Å². The zero-order valence-electron chi connectivity index (χ0n) is 11.7. The number of nitrogens with zero attached hydrogens (tertiary/aromatic N) is 2. The third kappa shape index (κ3) is 2.56. The fraction of sp³-hybridized carbons (Fsp3) is 0.533. The van der Waals surface area contributed by atoms with E-state index in [2.05, 4.69) is 25.8 Å². The Labute approximate surface area is 109 Å². The van der Waals surface area contributed by atoms with Crippen molar-refractivity contribution in [2.24, 2.45) is 0 Å². The highest BCUT2D eigenvalue weighted by molar-refractivity contribution is 5.94. The van der Waals surface area contributed by atoms with Gasteiger partial charge in [0.1, 0.15) is 0 Å². The Morgan fingerprint density at radius 2 is 1.61 bits per heavy atom. The fourth-order valence-corrected chi connectivity index (χ4v) is 2.45. The molecule has 0 N–H and O–H groups in total. The van der Waals surface area contributed by atoms with Crippen molar-refractivity contribution in [1.29, 1.82) is 0 Å². The minimum Gasteiger partial charge on any atom is -0.336 e. The molecule has 1 saturated heterocycles. The number of carbonyl (C=O) groups is 1. The number of amides is 1. The number of hydrogen-bond donors (Lipinski definition) is 0. The van der Waals surface area contributed by atoms with Gasteiger partial charge in [-0.15, -0.1) is 0 Å². The maximum Gasteiger partial charge on any atom is 0.253 e. The number of piperazine rings is 1. The van der Waals surface area contributed by atoms with E-state index in [0.29, 0.717) is 12.1 Å². The maximum absolute atomic E-state index is 12.4. The highest BCUT2D eigenvalue weighted by Gasteiger charge is 2.29. The molecule has 1 aromatic carbocycles. The SMILES string of the molecule is Cc1ccc(C(=O)N2CC(C)N(C)C(C)C2)cc1. The standard InChI is InChI=1S/C15H22N2O/c1-11-5-7-14(8-6-11)15(18)17-9-12(2)16(4)13(3)10-17/h5-8,12-13H,9-10H2,1-4H3. The van der Waals surface area contributed by atoms with Gasteiger partial charge in [0.25, 0.3) is 5.91 Å². The normalized spacial score (nSPS) is 25.2. The second-order valence-corrected chi connectivity index (χ2v) is 5.44. The minimum atomic E-state index is 0.154. The Balaban J connectivity index is 2.12. The molecule has 0 saturated carbocycles. The number of likely N-dealkylation sites (N-methyl/N-ethyl adjacent to an activating group) is 1. The van der Waals surface area contributed by atoms with E-state index in [0.717, 1.165) is 18.7 Å². The first-order valence-corrected chi connectivity index (χ1v) is 6.57. The summed E-state index contributed by atoms with van der Waals surface area (Å²) < 4.78 is 0. The largest absolute Gasteiger partial charge is 0.336 e. The van der Waals surface area contributed by atoms with Crippen LogP contribution < -0.4 is 0 Å². The van der Waals surface area contributed by atoms with Gasteiger partial charge < -0.3 is 4.90 Å². The average molecular weight is 246 g/mol. The molecule has 98 valence electrons. The van der Waals surface area contributed by atoms with Gasteiger partial charge in [0.15, 0.2) is 0 Å². The number of rotatable bonds is 1. The van der Waals surface area contributed by atoms with Crippen molar-refractivity contribution >= 4 is 5.91 Å². The highest BCUT2D eigenvalue weighted by atomic mass is 16.2. The van der Waals surface area contributed by atoms with Crippen molar-refractivity contribution in [2.45, 2.75) is 32.9 Å². The van der Waals surface area contributed by atoms with Crippen LogP contribution in [-0.2, 0) is 0 Å². The number of benzene rings is 1. The second-order valence-electron chi connectivity index (χ2n) is 5.44. The van der Waals surface area contributed by atoms with Crippen molar-refractivity contribution in [3.05, 3.63) is 35.4 Å². The summed E-state index contributed by atoms with van der Waals surface area (Å²) in [6, 6.07) is 8.68. The van der Waals surface area contributed by atoms with Crippen LogP contribution in [0, 0.1) is 6.92 Å². The quantitative estimate of drug-likeness (QED) is 0.758. The Morgan fingerprint density at radius 3 is 2.11 bits per heavy atom. The maximum atomic E-state index is 12.4. The Morgan fingerprint density at radius 1 is 1.11 bits per heavy atom. The van der Waals surface area contributed by atoms with Gasteiger partial charge in [-0.3, -0.25) is 9.69 Å². The summed E-state index contributed by atoms with van der Waals surface area (Å²) in [7, 11) is 2.13. The molecule has 0 radical (unpaired) electrons. The van der Waals surface area contributed by atoms with Gasteiger partial charge >= 0.3 is 0 Å². The molecule has 1 aromatic rings. The Bertz CT molecular complexity index is 415. The monoisotopic (exact) mass is 246 g/mol. The van der Waals surface area contributed by atoms with Gasteiger partial charge in [-0.1, -0.05) is 17.7 Å². The van der Waals surface area contributed by atoms with E-state index in [1.54, 1.807) is 0 Å². The summed E-state index contributed by atoms with van der Waals surface area (Å²) in [4.78, 5) is 16.7. The van der Waals surface area contributed by atoms with E-state index in [1.165, 1.54) is 5.56 Å². The molecular weight excluding hydrogens is 224 g/mol. The summed E-state index contributed by atoms with van der Waals surface area (Å²) >= 11 is 0. The molecule has 3 nitrogen and oxygen atoms in total. The van der Waals surface area contributed by atoms with Crippen LogP contribution in [0.25, 0.3) is 0 Å². The van der Waals surface area contributed by atoms with E-state index in [-0.39, 0.29) is 5.91 Å².